The van der Waals surface area contributed by atoms with Gasteiger partial charge in [-0.1, -0.05) is 48.0 Å². The maximum Gasteiger partial charge on any atom is 0.340 e. The molecule has 1 N–H and O–H groups in total. The van der Waals surface area contributed by atoms with Gasteiger partial charge >= 0.3 is 5.97 Å². The van der Waals surface area contributed by atoms with Gasteiger partial charge in [-0.15, -0.1) is 0 Å². The van der Waals surface area contributed by atoms with Gasteiger partial charge in [-0.25, -0.2) is 9.00 Å². The maximum atomic E-state index is 12.5. The lowest BCUT2D eigenvalue weighted by molar-refractivity contribution is -0.141. The van der Waals surface area contributed by atoms with Crippen LogP contribution in [0.1, 0.15) is 30.5 Å². The summed E-state index contributed by atoms with van der Waals surface area (Å²) in [6, 6.07) is 14.3. The topological polar surface area (TPSA) is 63.6 Å². The fourth-order valence-corrected chi connectivity index (χ4v) is 3.62. The van der Waals surface area contributed by atoms with E-state index in [-0.39, 0.29) is 11.7 Å². The van der Waals surface area contributed by atoms with Crippen LogP contribution in [0.2, 0.25) is 5.02 Å². The molecule has 4 nitrogen and oxygen atoms in total. The minimum Gasteiger partial charge on any atom is -0.451 e. The van der Waals surface area contributed by atoms with Gasteiger partial charge in [-0.05, 0) is 42.7 Å². The van der Waals surface area contributed by atoms with Crippen LogP contribution in [-0.4, -0.2) is 20.3 Å². The molecule has 0 aromatic heterocycles. The predicted octanol–water partition coefficient (Wildman–Crippen LogP) is 4.31. The van der Waals surface area contributed by atoms with Gasteiger partial charge in [0.25, 0.3) is 0 Å². The molecule has 0 fully saturated rings. The SMILES string of the molecule is CC1(C)OC(=O)C(c2ccc(Cl)cc2)=C1c1ccc(CS(=O)O)cc1. The van der Waals surface area contributed by atoms with Gasteiger partial charge in [-0.3, -0.25) is 0 Å². The number of hydrogen-bond donors (Lipinski definition) is 1. The third kappa shape index (κ3) is 3.68. The van der Waals surface area contributed by atoms with Gasteiger partial charge in [0.2, 0.25) is 0 Å². The zero-order valence-electron chi connectivity index (χ0n) is 13.8. The Morgan fingerprint density at radius 3 is 2.16 bits per heavy atom. The molecule has 0 amide bonds. The highest BCUT2D eigenvalue weighted by Gasteiger charge is 2.41. The van der Waals surface area contributed by atoms with Gasteiger partial charge in [0.15, 0.2) is 11.1 Å². The molecule has 2 aromatic rings. The summed E-state index contributed by atoms with van der Waals surface area (Å²) in [7, 11) is 0. The zero-order chi connectivity index (χ0) is 18.2. The average molecular weight is 377 g/mol. The molecule has 0 bridgehead atoms. The van der Waals surface area contributed by atoms with Gasteiger partial charge in [-0.2, -0.15) is 0 Å². The van der Waals surface area contributed by atoms with E-state index in [2.05, 4.69) is 0 Å². The fourth-order valence-electron chi connectivity index (χ4n) is 3.02. The zero-order valence-corrected chi connectivity index (χ0v) is 15.4. The van der Waals surface area contributed by atoms with E-state index in [9.17, 15) is 9.00 Å². The smallest absolute Gasteiger partial charge is 0.340 e. The number of rotatable bonds is 4. The summed E-state index contributed by atoms with van der Waals surface area (Å²) >= 11 is 4.06. The molecule has 130 valence electrons. The number of halogens is 1. The molecule has 0 saturated heterocycles. The van der Waals surface area contributed by atoms with Crippen molar-refractivity contribution in [2.24, 2.45) is 0 Å². The molecule has 2 aromatic carbocycles. The number of carbonyl (C=O) groups is 1. The first-order chi connectivity index (χ1) is 11.8. The van der Waals surface area contributed by atoms with E-state index in [1.807, 2.05) is 26.0 Å². The molecule has 0 spiro atoms. The molecule has 1 atom stereocenters. The Morgan fingerprint density at radius 2 is 1.60 bits per heavy atom. The summed E-state index contributed by atoms with van der Waals surface area (Å²) < 4.78 is 25.5. The molecule has 1 aliphatic rings. The van der Waals surface area contributed by atoms with E-state index < -0.39 is 16.7 Å². The van der Waals surface area contributed by atoms with Crippen molar-refractivity contribution in [3.05, 3.63) is 70.2 Å². The van der Waals surface area contributed by atoms with Crippen LogP contribution in [0.5, 0.6) is 0 Å². The summed E-state index contributed by atoms with van der Waals surface area (Å²) in [6.45, 7) is 3.69. The third-order valence-corrected chi connectivity index (χ3v) is 4.90. The van der Waals surface area contributed by atoms with Gasteiger partial charge in [0.05, 0.1) is 11.3 Å². The van der Waals surface area contributed by atoms with Crippen LogP contribution in [0.3, 0.4) is 0 Å². The van der Waals surface area contributed by atoms with Crippen LogP contribution >= 0.6 is 11.6 Å². The van der Waals surface area contributed by atoms with Gasteiger partial charge in [0, 0.05) is 10.6 Å². The van der Waals surface area contributed by atoms with E-state index >= 15 is 0 Å². The lowest BCUT2D eigenvalue weighted by atomic mass is 9.86. The quantitative estimate of drug-likeness (QED) is 0.638. The Hall–Kier alpha value is -1.95. The second-order valence-electron chi connectivity index (χ2n) is 6.32. The van der Waals surface area contributed by atoms with Crippen molar-refractivity contribution in [3.8, 4) is 0 Å². The van der Waals surface area contributed by atoms with Crippen LogP contribution in [-0.2, 0) is 26.4 Å². The molecule has 0 aliphatic carbocycles. The Kier molecular flexibility index (Phi) is 4.82. The molecular formula is C19H17ClO4S. The number of esters is 1. The van der Waals surface area contributed by atoms with Crippen LogP contribution in [0.4, 0.5) is 0 Å². The van der Waals surface area contributed by atoms with Crippen LogP contribution in [0.25, 0.3) is 11.1 Å². The largest absolute Gasteiger partial charge is 0.451 e. The van der Waals surface area contributed by atoms with Crippen molar-refractivity contribution in [2.45, 2.75) is 25.2 Å². The standard InChI is InChI=1S/C19H17ClO4S/c1-19(2)17(14-5-3-12(4-6-14)11-25(22)23)16(18(21)24-19)13-7-9-15(20)10-8-13/h3-10H,11H2,1-2H3,(H,22,23). The Labute approximate surface area is 153 Å². The molecule has 6 heteroatoms. The summed E-state index contributed by atoms with van der Waals surface area (Å²) in [6.07, 6.45) is 0. The third-order valence-electron chi connectivity index (χ3n) is 4.07. The number of cyclic esters (lactones) is 1. The number of benzene rings is 2. The Balaban J connectivity index is 2.11. The number of hydrogen-bond acceptors (Lipinski definition) is 3. The predicted molar refractivity (Wildman–Crippen MR) is 99.4 cm³/mol. The molecule has 1 unspecified atom stereocenters. The first-order valence-corrected chi connectivity index (χ1v) is 9.34. The van der Waals surface area contributed by atoms with E-state index in [0.717, 1.165) is 22.3 Å². The second-order valence-corrected chi connectivity index (χ2v) is 7.69. The molecule has 1 aliphatic heterocycles. The van der Waals surface area contributed by atoms with Gasteiger partial charge < -0.3 is 9.29 Å². The van der Waals surface area contributed by atoms with Crippen LogP contribution in [0, 0.1) is 0 Å². The van der Waals surface area contributed by atoms with Crippen molar-refractivity contribution >= 4 is 39.8 Å². The van der Waals surface area contributed by atoms with E-state index in [4.69, 9.17) is 20.9 Å². The Bertz CT molecular complexity index is 867. The first kappa shape index (κ1) is 17.9. The first-order valence-electron chi connectivity index (χ1n) is 7.69. The van der Waals surface area contributed by atoms with E-state index in [1.165, 1.54) is 0 Å². The fraction of sp³-hybridized carbons (Fsp3) is 0.211. The lowest BCUT2D eigenvalue weighted by Crippen LogP contribution is -2.22. The van der Waals surface area contributed by atoms with E-state index in [0.29, 0.717) is 10.6 Å². The summed E-state index contributed by atoms with van der Waals surface area (Å²) in [5, 5.41) is 0.595. The molecule has 0 saturated carbocycles. The number of carbonyl (C=O) groups excluding carboxylic acids is 1. The monoisotopic (exact) mass is 376 g/mol. The normalized spacial score (nSPS) is 17.5. The number of ether oxygens (including phenoxy) is 1. The van der Waals surface area contributed by atoms with Crippen molar-refractivity contribution in [3.63, 3.8) is 0 Å². The minimum atomic E-state index is -1.89. The molecule has 0 radical (unpaired) electrons. The van der Waals surface area contributed by atoms with Gasteiger partial charge in [0.1, 0.15) is 5.60 Å². The summed E-state index contributed by atoms with van der Waals surface area (Å²) in [5.41, 5.74) is 2.87. The molecular weight excluding hydrogens is 360 g/mol. The summed E-state index contributed by atoms with van der Waals surface area (Å²) in [5.74, 6) is -0.301. The van der Waals surface area contributed by atoms with Crippen molar-refractivity contribution in [2.75, 3.05) is 0 Å². The maximum absolute atomic E-state index is 12.5. The van der Waals surface area contributed by atoms with Crippen molar-refractivity contribution in [1.82, 2.24) is 0 Å². The van der Waals surface area contributed by atoms with Crippen molar-refractivity contribution in [1.29, 1.82) is 0 Å². The highest BCUT2D eigenvalue weighted by molar-refractivity contribution is 7.78. The van der Waals surface area contributed by atoms with E-state index in [1.54, 1.807) is 36.4 Å². The second kappa shape index (κ2) is 6.75. The molecule has 25 heavy (non-hydrogen) atoms. The van der Waals surface area contributed by atoms with Crippen LogP contribution in [0.15, 0.2) is 48.5 Å². The lowest BCUT2D eigenvalue weighted by Gasteiger charge is -2.22. The molecule has 1 heterocycles. The van der Waals surface area contributed by atoms with Crippen LogP contribution < -0.4 is 0 Å². The highest BCUT2D eigenvalue weighted by atomic mass is 35.5. The average Bonchev–Trinajstić information content (AvgIpc) is 2.77. The highest BCUT2D eigenvalue weighted by Crippen LogP contribution is 2.43. The Morgan fingerprint density at radius 1 is 1.04 bits per heavy atom. The molecule has 3 rings (SSSR count). The van der Waals surface area contributed by atoms with Crippen molar-refractivity contribution < 1.29 is 18.3 Å². The minimum absolute atomic E-state index is 0.0716. The summed E-state index contributed by atoms with van der Waals surface area (Å²) in [4.78, 5) is 12.5.